The summed E-state index contributed by atoms with van der Waals surface area (Å²) in [6.45, 7) is 9.13. The second-order valence-corrected chi connectivity index (χ2v) is 10.2. The maximum absolute atomic E-state index is 5.74. The van der Waals surface area contributed by atoms with Crippen LogP contribution in [0.2, 0.25) is 0 Å². The predicted octanol–water partition coefficient (Wildman–Crippen LogP) is 5.47. The third kappa shape index (κ3) is 2.69. The minimum atomic E-state index is 0.305. The molecule has 0 spiro atoms. The van der Waals surface area contributed by atoms with Gasteiger partial charge in [0.2, 0.25) is 0 Å². The summed E-state index contributed by atoms with van der Waals surface area (Å²) in [6.07, 6.45) is 16.0. The zero-order valence-electron chi connectivity index (χ0n) is 17.8. The highest BCUT2D eigenvalue weighted by Gasteiger charge is 2.58. The minimum Gasteiger partial charge on any atom is -0.492 e. The van der Waals surface area contributed by atoms with Crippen molar-refractivity contribution in [3.05, 3.63) is 30.1 Å². The van der Waals surface area contributed by atoms with Crippen molar-refractivity contribution < 1.29 is 4.74 Å². The number of aromatic nitrogens is 1. The zero-order chi connectivity index (χ0) is 19.4. The van der Waals surface area contributed by atoms with Crippen molar-refractivity contribution in [1.29, 1.82) is 0 Å². The van der Waals surface area contributed by atoms with E-state index in [1.54, 1.807) is 5.57 Å². The smallest absolute Gasteiger partial charge is 0.138 e. The molecule has 3 aliphatic carbocycles. The van der Waals surface area contributed by atoms with Gasteiger partial charge in [-0.1, -0.05) is 19.9 Å². The third-order valence-electron chi connectivity index (χ3n) is 9.07. The number of fused-ring (bicyclic) bond motifs is 5. The molecular formula is C25H36N2O. The molecule has 0 amide bonds. The normalized spacial score (nSPS) is 42.2. The number of rotatable bonds is 3. The summed E-state index contributed by atoms with van der Waals surface area (Å²) in [5, 5.41) is 3.88. The van der Waals surface area contributed by atoms with E-state index in [1.807, 2.05) is 13.1 Å². The van der Waals surface area contributed by atoms with Gasteiger partial charge in [0.25, 0.3) is 0 Å². The molecular weight excluding hydrogens is 344 g/mol. The van der Waals surface area contributed by atoms with Gasteiger partial charge in [-0.3, -0.25) is 4.98 Å². The van der Waals surface area contributed by atoms with Gasteiger partial charge in [0.15, 0.2) is 0 Å². The Labute approximate surface area is 170 Å². The van der Waals surface area contributed by atoms with E-state index in [2.05, 4.69) is 42.5 Å². The molecule has 1 aromatic heterocycles. The van der Waals surface area contributed by atoms with Crippen LogP contribution < -0.4 is 10.1 Å². The van der Waals surface area contributed by atoms with Crippen LogP contribution in [0.5, 0.6) is 5.75 Å². The highest BCUT2D eigenvalue weighted by atomic mass is 16.5. The van der Waals surface area contributed by atoms with E-state index in [1.165, 1.54) is 57.1 Å². The number of hydrogen-bond acceptors (Lipinski definition) is 3. The second-order valence-electron chi connectivity index (χ2n) is 10.2. The second kappa shape index (κ2) is 6.86. The number of hydrogen-bond donors (Lipinski definition) is 1. The van der Waals surface area contributed by atoms with Crippen LogP contribution in [0.1, 0.15) is 71.3 Å². The van der Waals surface area contributed by atoms with Crippen molar-refractivity contribution >= 4 is 5.57 Å². The molecule has 2 heterocycles. The number of allylic oxidation sites excluding steroid dienone is 2. The molecule has 3 nitrogen and oxygen atoms in total. The quantitative estimate of drug-likeness (QED) is 0.755. The average molecular weight is 381 g/mol. The standard InChI is InChI=1S/C25H36N2O/c1-4-28-18-14-17(15-26-16-18)20-7-8-21-19-6-9-23-25(3,11-5-13-27-23)22(19)10-12-24(20,21)2/h7,14-16,19,21-23,27H,4-6,8-13H2,1-3H3/t19?,21-,22-,23?,24+,25+/m0/s1. The summed E-state index contributed by atoms with van der Waals surface area (Å²) >= 11 is 0. The van der Waals surface area contributed by atoms with Crippen molar-refractivity contribution in [2.24, 2.45) is 28.6 Å². The van der Waals surface area contributed by atoms with Gasteiger partial charge >= 0.3 is 0 Å². The highest BCUT2D eigenvalue weighted by molar-refractivity contribution is 5.73. The van der Waals surface area contributed by atoms with E-state index in [-0.39, 0.29) is 0 Å². The van der Waals surface area contributed by atoms with Crippen LogP contribution in [0.4, 0.5) is 0 Å². The Bertz CT molecular complexity index is 774. The number of pyridine rings is 1. The first-order chi connectivity index (χ1) is 13.6. The first-order valence-electron chi connectivity index (χ1n) is 11.6. The topological polar surface area (TPSA) is 34.1 Å². The molecule has 1 aliphatic heterocycles. The summed E-state index contributed by atoms with van der Waals surface area (Å²) in [4.78, 5) is 4.49. The summed E-state index contributed by atoms with van der Waals surface area (Å²) in [5.41, 5.74) is 3.65. The Hall–Kier alpha value is -1.35. The van der Waals surface area contributed by atoms with Crippen LogP contribution in [0.15, 0.2) is 24.5 Å². The Morgan fingerprint density at radius 3 is 2.89 bits per heavy atom. The van der Waals surface area contributed by atoms with Gasteiger partial charge < -0.3 is 10.1 Å². The van der Waals surface area contributed by atoms with Crippen molar-refractivity contribution in [2.75, 3.05) is 13.2 Å². The number of ether oxygens (including phenoxy) is 1. The first-order valence-corrected chi connectivity index (χ1v) is 11.6. The summed E-state index contributed by atoms with van der Waals surface area (Å²) in [7, 11) is 0. The van der Waals surface area contributed by atoms with Crippen LogP contribution in [-0.2, 0) is 0 Å². The van der Waals surface area contributed by atoms with Gasteiger partial charge in [-0.05, 0) is 104 Å². The largest absolute Gasteiger partial charge is 0.492 e. The molecule has 2 unspecified atom stereocenters. The number of nitrogens with zero attached hydrogens (tertiary/aromatic N) is 1. The van der Waals surface area contributed by atoms with Crippen LogP contribution >= 0.6 is 0 Å². The molecule has 3 heteroatoms. The van der Waals surface area contributed by atoms with Gasteiger partial charge in [0, 0.05) is 12.2 Å². The summed E-state index contributed by atoms with van der Waals surface area (Å²) in [6, 6.07) is 2.97. The molecule has 1 saturated heterocycles. The van der Waals surface area contributed by atoms with Crippen LogP contribution in [0.3, 0.4) is 0 Å². The van der Waals surface area contributed by atoms with Crippen LogP contribution in [0, 0.1) is 28.6 Å². The van der Waals surface area contributed by atoms with E-state index in [0.717, 1.165) is 29.5 Å². The lowest BCUT2D eigenvalue weighted by Crippen LogP contribution is -2.59. The average Bonchev–Trinajstić information content (AvgIpc) is 3.05. The van der Waals surface area contributed by atoms with E-state index in [0.29, 0.717) is 17.4 Å². The first kappa shape index (κ1) is 18.7. The number of nitrogens with one attached hydrogen (secondary N) is 1. The fourth-order valence-corrected chi connectivity index (χ4v) is 7.72. The van der Waals surface area contributed by atoms with Crippen molar-refractivity contribution in [2.45, 2.75) is 71.8 Å². The fourth-order valence-electron chi connectivity index (χ4n) is 7.72. The monoisotopic (exact) mass is 380 g/mol. The molecule has 4 aliphatic rings. The van der Waals surface area contributed by atoms with Gasteiger partial charge in [-0.2, -0.15) is 0 Å². The van der Waals surface area contributed by atoms with Gasteiger partial charge in [0.05, 0.1) is 12.8 Å². The minimum absolute atomic E-state index is 0.305. The maximum atomic E-state index is 5.74. The lowest BCUT2D eigenvalue weighted by atomic mass is 9.47. The lowest BCUT2D eigenvalue weighted by molar-refractivity contribution is -0.0759. The molecule has 0 bridgehead atoms. The third-order valence-corrected chi connectivity index (χ3v) is 9.07. The van der Waals surface area contributed by atoms with E-state index in [4.69, 9.17) is 4.74 Å². The maximum Gasteiger partial charge on any atom is 0.138 e. The fraction of sp³-hybridized carbons (Fsp3) is 0.720. The van der Waals surface area contributed by atoms with E-state index in [9.17, 15) is 0 Å². The van der Waals surface area contributed by atoms with Crippen LogP contribution in [0.25, 0.3) is 5.57 Å². The van der Waals surface area contributed by atoms with E-state index < -0.39 is 0 Å². The van der Waals surface area contributed by atoms with Crippen molar-refractivity contribution in [1.82, 2.24) is 10.3 Å². The molecule has 5 rings (SSSR count). The zero-order valence-corrected chi connectivity index (χ0v) is 17.8. The molecule has 152 valence electrons. The van der Waals surface area contributed by atoms with Crippen molar-refractivity contribution in [3.63, 3.8) is 0 Å². The van der Waals surface area contributed by atoms with E-state index >= 15 is 0 Å². The molecule has 1 N–H and O–H groups in total. The van der Waals surface area contributed by atoms with Gasteiger partial charge in [0.1, 0.15) is 5.75 Å². The summed E-state index contributed by atoms with van der Waals surface area (Å²) in [5.74, 6) is 3.49. The Morgan fingerprint density at radius 2 is 2.04 bits per heavy atom. The molecule has 0 aromatic carbocycles. The highest BCUT2D eigenvalue weighted by Crippen LogP contribution is 2.65. The molecule has 2 saturated carbocycles. The molecule has 28 heavy (non-hydrogen) atoms. The molecule has 6 atom stereocenters. The predicted molar refractivity (Wildman–Crippen MR) is 114 cm³/mol. The van der Waals surface area contributed by atoms with Crippen LogP contribution in [-0.4, -0.2) is 24.2 Å². The van der Waals surface area contributed by atoms with Crippen molar-refractivity contribution in [3.8, 4) is 5.75 Å². The Morgan fingerprint density at radius 1 is 1.14 bits per heavy atom. The van der Waals surface area contributed by atoms with Gasteiger partial charge in [-0.15, -0.1) is 0 Å². The Kier molecular flexibility index (Phi) is 4.58. The molecule has 1 aromatic rings. The van der Waals surface area contributed by atoms with Gasteiger partial charge in [-0.25, -0.2) is 0 Å². The lowest BCUT2D eigenvalue weighted by Gasteiger charge is -2.60. The Balaban J connectivity index is 1.43. The number of piperidine rings is 1. The molecule has 3 fully saturated rings. The SMILES string of the molecule is CCOc1cncc(C2=CC[C@H]3C4CCC5NCCC[C@]5(C)[C@H]4CC[C@]23C)c1. The molecule has 0 radical (unpaired) electrons. The summed E-state index contributed by atoms with van der Waals surface area (Å²) < 4.78 is 5.74.